The fraction of sp³-hybridized carbons (Fsp3) is 0.524. The molecule has 0 saturated carbocycles. The van der Waals surface area contributed by atoms with Crippen molar-refractivity contribution in [1.29, 1.82) is 0 Å². The molecule has 2 saturated heterocycles. The van der Waals surface area contributed by atoms with E-state index in [2.05, 4.69) is 0 Å². The van der Waals surface area contributed by atoms with E-state index < -0.39 is 28.8 Å². The molecule has 4 rings (SSSR count). The lowest BCUT2D eigenvalue weighted by Crippen LogP contribution is -2.51. The SMILES string of the molecule is COC(=O)C1=C(c2ccc(Cl)c(C(F)(F)F)c2)C[C@@H]2CC[C@H]1N2C(=O)N1CCCC1. The summed E-state index contributed by atoms with van der Waals surface area (Å²) in [5.74, 6) is -0.613. The van der Waals surface area contributed by atoms with Crippen molar-refractivity contribution in [3.63, 3.8) is 0 Å². The van der Waals surface area contributed by atoms with E-state index in [0.29, 0.717) is 37.9 Å². The van der Waals surface area contributed by atoms with Crippen molar-refractivity contribution in [3.05, 3.63) is 39.9 Å². The van der Waals surface area contributed by atoms with Crippen LogP contribution in [0.5, 0.6) is 0 Å². The van der Waals surface area contributed by atoms with Gasteiger partial charge in [0.2, 0.25) is 0 Å². The number of ether oxygens (including phenoxy) is 1. The van der Waals surface area contributed by atoms with E-state index >= 15 is 0 Å². The zero-order valence-electron chi connectivity index (χ0n) is 16.5. The van der Waals surface area contributed by atoms with Gasteiger partial charge >= 0.3 is 18.2 Å². The number of nitrogens with zero attached hydrogens (tertiary/aromatic N) is 2. The van der Waals surface area contributed by atoms with Gasteiger partial charge in [0.1, 0.15) is 0 Å². The molecule has 1 aromatic rings. The van der Waals surface area contributed by atoms with Crippen LogP contribution in [0, 0.1) is 0 Å². The monoisotopic (exact) mass is 442 g/mol. The molecular formula is C21H22ClF3N2O3. The minimum Gasteiger partial charge on any atom is -0.466 e. The number of likely N-dealkylation sites (tertiary alicyclic amines) is 1. The molecule has 0 aromatic heterocycles. The topological polar surface area (TPSA) is 49.9 Å². The number of methoxy groups -OCH3 is 1. The molecule has 2 amide bonds. The molecule has 5 nitrogen and oxygen atoms in total. The van der Waals surface area contributed by atoms with Gasteiger partial charge in [0.25, 0.3) is 0 Å². The van der Waals surface area contributed by atoms with Gasteiger partial charge in [-0.1, -0.05) is 17.7 Å². The van der Waals surface area contributed by atoms with Crippen molar-refractivity contribution in [3.8, 4) is 0 Å². The summed E-state index contributed by atoms with van der Waals surface area (Å²) in [5.41, 5.74) is 0.120. The number of carbonyl (C=O) groups is 2. The fourth-order valence-corrected chi connectivity index (χ4v) is 5.07. The summed E-state index contributed by atoms with van der Waals surface area (Å²) < 4.78 is 45.1. The van der Waals surface area contributed by atoms with Crippen LogP contribution in [0.2, 0.25) is 5.02 Å². The number of hydrogen-bond acceptors (Lipinski definition) is 3. The van der Waals surface area contributed by atoms with Gasteiger partial charge in [-0.15, -0.1) is 0 Å². The van der Waals surface area contributed by atoms with Gasteiger partial charge in [-0.3, -0.25) is 0 Å². The second kappa shape index (κ2) is 7.80. The predicted molar refractivity (Wildman–Crippen MR) is 105 cm³/mol. The molecule has 3 aliphatic rings. The largest absolute Gasteiger partial charge is 0.466 e. The Balaban J connectivity index is 1.78. The number of amides is 2. The standard InChI is InChI=1S/C21H22ClF3N2O3/c1-30-19(28)18-14(12-4-6-16(22)15(10-12)21(23,24)25)11-13-5-7-17(18)27(13)20(29)26-8-2-3-9-26/h4,6,10,13,17H,2-3,5,7-9,11H2,1H3/t13-,17+/m0/s1. The van der Waals surface area contributed by atoms with Crippen LogP contribution in [0.25, 0.3) is 5.57 Å². The highest BCUT2D eigenvalue weighted by atomic mass is 35.5. The van der Waals surface area contributed by atoms with Crippen molar-refractivity contribution in [2.24, 2.45) is 0 Å². The molecule has 1 aromatic carbocycles. The second-order valence-electron chi connectivity index (χ2n) is 7.91. The maximum Gasteiger partial charge on any atom is 0.417 e. The van der Waals surface area contributed by atoms with Crippen molar-refractivity contribution in [1.82, 2.24) is 9.80 Å². The van der Waals surface area contributed by atoms with Crippen molar-refractivity contribution in [2.45, 2.75) is 50.4 Å². The normalized spacial score (nSPS) is 23.9. The van der Waals surface area contributed by atoms with Gasteiger partial charge < -0.3 is 14.5 Å². The molecule has 2 bridgehead atoms. The van der Waals surface area contributed by atoms with Gasteiger partial charge in [-0.2, -0.15) is 13.2 Å². The van der Waals surface area contributed by atoms with E-state index in [1.807, 2.05) is 0 Å². The van der Waals surface area contributed by atoms with Crippen LogP contribution in [-0.4, -0.2) is 54.1 Å². The first-order valence-corrected chi connectivity index (χ1v) is 10.4. The molecule has 3 aliphatic heterocycles. The number of rotatable bonds is 2. The number of esters is 1. The van der Waals surface area contributed by atoms with Crippen LogP contribution >= 0.6 is 11.6 Å². The molecule has 9 heteroatoms. The third-order valence-electron chi connectivity index (χ3n) is 6.22. The van der Waals surface area contributed by atoms with Crippen LogP contribution < -0.4 is 0 Å². The van der Waals surface area contributed by atoms with Crippen LogP contribution in [-0.2, 0) is 15.7 Å². The molecule has 2 atom stereocenters. The first-order valence-electron chi connectivity index (χ1n) is 9.98. The average Bonchev–Trinajstić information content (AvgIpc) is 3.34. The molecule has 30 heavy (non-hydrogen) atoms. The van der Waals surface area contributed by atoms with E-state index in [1.54, 1.807) is 9.80 Å². The minimum atomic E-state index is -4.61. The minimum absolute atomic E-state index is 0.104. The first kappa shape index (κ1) is 21.0. The number of fused-ring (bicyclic) bond motifs is 2. The molecule has 3 heterocycles. The molecule has 0 radical (unpaired) electrons. The summed E-state index contributed by atoms with van der Waals surface area (Å²) >= 11 is 5.77. The number of benzene rings is 1. The Hall–Kier alpha value is -2.22. The van der Waals surface area contributed by atoms with Crippen LogP contribution in [0.15, 0.2) is 23.8 Å². The molecule has 0 aliphatic carbocycles. The second-order valence-corrected chi connectivity index (χ2v) is 8.32. The zero-order chi connectivity index (χ0) is 21.6. The number of carbonyl (C=O) groups excluding carboxylic acids is 2. The van der Waals surface area contributed by atoms with E-state index in [-0.39, 0.29) is 23.2 Å². The molecule has 0 N–H and O–H groups in total. The van der Waals surface area contributed by atoms with E-state index in [9.17, 15) is 22.8 Å². The Morgan fingerprint density at radius 2 is 1.87 bits per heavy atom. The molecular weight excluding hydrogens is 421 g/mol. The van der Waals surface area contributed by atoms with E-state index in [1.165, 1.54) is 19.2 Å². The summed E-state index contributed by atoms with van der Waals surface area (Å²) in [6.07, 6.45) is -1.13. The molecule has 0 spiro atoms. The lowest BCUT2D eigenvalue weighted by Gasteiger charge is -2.39. The van der Waals surface area contributed by atoms with Gasteiger partial charge in [-0.05, 0) is 55.4 Å². The maximum atomic E-state index is 13.4. The van der Waals surface area contributed by atoms with Gasteiger partial charge in [0, 0.05) is 19.1 Å². The van der Waals surface area contributed by atoms with E-state index in [4.69, 9.17) is 16.3 Å². The maximum absolute atomic E-state index is 13.4. The lowest BCUT2D eigenvalue weighted by atomic mass is 9.87. The van der Waals surface area contributed by atoms with Crippen molar-refractivity contribution >= 4 is 29.2 Å². The number of urea groups is 1. The van der Waals surface area contributed by atoms with Crippen LogP contribution in [0.4, 0.5) is 18.0 Å². The summed E-state index contributed by atoms with van der Waals surface area (Å²) in [5, 5.41) is -0.393. The Kier molecular flexibility index (Phi) is 5.46. The lowest BCUT2D eigenvalue weighted by molar-refractivity contribution is -0.138. The summed E-state index contributed by atoms with van der Waals surface area (Å²) in [6.45, 7) is 1.37. The Labute approximate surface area is 177 Å². The van der Waals surface area contributed by atoms with Crippen LogP contribution in [0.1, 0.15) is 43.2 Å². The number of alkyl halides is 3. The molecule has 162 valence electrons. The highest BCUT2D eigenvalue weighted by Crippen LogP contribution is 2.45. The Bertz CT molecular complexity index is 909. The van der Waals surface area contributed by atoms with Crippen LogP contribution in [0.3, 0.4) is 0 Å². The third-order valence-corrected chi connectivity index (χ3v) is 6.55. The fourth-order valence-electron chi connectivity index (χ4n) is 4.85. The summed E-state index contributed by atoms with van der Waals surface area (Å²) in [4.78, 5) is 29.3. The smallest absolute Gasteiger partial charge is 0.417 e. The summed E-state index contributed by atoms with van der Waals surface area (Å²) in [7, 11) is 1.24. The predicted octanol–water partition coefficient (Wildman–Crippen LogP) is 4.74. The first-order chi connectivity index (χ1) is 14.2. The zero-order valence-corrected chi connectivity index (χ0v) is 17.2. The Morgan fingerprint density at radius 3 is 2.50 bits per heavy atom. The van der Waals surface area contributed by atoms with Crippen molar-refractivity contribution < 1.29 is 27.5 Å². The van der Waals surface area contributed by atoms with E-state index in [0.717, 1.165) is 18.9 Å². The number of halogens is 4. The van der Waals surface area contributed by atoms with Crippen molar-refractivity contribution in [2.75, 3.05) is 20.2 Å². The quantitative estimate of drug-likeness (QED) is 0.622. The highest BCUT2D eigenvalue weighted by molar-refractivity contribution is 6.31. The molecule has 0 unspecified atom stereocenters. The van der Waals surface area contributed by atoms with Gasteiger partial charge in [0.05, 0.1) is 29.3 Å². The van der Waals surface area contributed by atoms with Gasteiger partial charge in [0.15, 0.2) is 0 Å². The molecule has 2 fully saturated rings. The van der Waals surface area contributed by atoms with Gasteiger partial charge in [-0.25, -0.2) is 9.59 Å². The summed E-state index contributed by atoms with van der Waals surface area (Å²) in [6, 6.07) is 2.92. The highest BCUT2D eigenvalue weighted by Gasteiger charge is 2.48. The third kappa shape index (κ3) is 3.55. The number of hydrogen-bond donors (Lipinski definition) is 0. The average molecular weight is 443 g/mol. The Morgan fingerprint density at radius 1 is 1.17 bits per heavy atom.